The highest BCUT2D eigenvalue weighted by atomic mass is 16.5. The first-order valence-corrected chi connectivity index (χ1v) is 4.96. The van der Waals surface area contributed by atoms with Crippen molar-refractivity contribution in [2.75, 3.05) is 7.11 Å². The minimum atomic E-state index is -0.523. The van der Waals surface area contributed by atoms with Gasteiger partial charge in [-0.05, 0) is 18.9 Å². The van der Waals surface area contributed by atoms with Gasteiger partial charge < -0.3 is 9.84 Å². The number of aliphatic hydroxyl groups excluding tert-OH is 1. The van der Waals surface area contributed by atoms with Crippen LogP contribution in [-0.4, -0.2) is 18.3 Å². The third kappa shape index (κ3) is 2.56. The molecule has 0 bridgehead atoms. The maximum atomic E-state index is 9.95. The van der Waals surface area contributed by atoms with Crippen LogP contribution in [0.1, 0.15) is 30.6 Å². The quantitative estimate of drug-likeness (QED) is 0.797. The van der Waals surface area contributed by atoms with E-state index in [9.17, 15) is 5.11 Å². The van der Waals surface area contributed by atoms with Crippen LogP contribution in [0.5, 0.6) is 0 Å². The van der Waals surface area contributed by atoms with Gasteiger partial charge in [-0.2, -0.15) is 0 Å². The predicted molar refractivity (Wildman–Crippen MR) is 57.2 cm³/mol. The van der Waals surface area contributed by atoms with Gasteiger partial charge in [-0.1, -0.05) is 36.8 Å². The van der Waals surface area contributed by atoms with Gasteiger partial charge in [0.05, 0.1) is 6.10 Å². The number of methoxy groups -OCH3 is 1. The molecule has 0 heterocycles. The van der Waals surface area contributed by atoms with Gasteiger partial charge >= 0.3 is 0 Å². The number of aliphatic hydroxyl groups is 1. The van der Waals surface area contributed by atoms with Gasteiger partial charge in [-0.15, -0.1) is 0 Å². The molecule has 0 radical (unpaired) electrons. The van der Waals surface area contributed by atoms with Gasteiger partial charge in [0.2, 0.25) is 0 Å². The molecular weight excluding hydrogens is 176 g/mol. The molecule has 0 fully saturated rings. The molecule has 0 aromatic heterocycles. The molecule has 0 amide bonds. The molecule has 1 aromatic rings. The average molecular weight is 194 g/mol. The van der Waals surface area contributed by atoms with E-state index in [1.165, 1.54) is 5.56 Å². The number of hydrogen-bond donors (Lipinski definition) is 1. The van der Waals surface area contributed by atoms with Gasteiger partial charge in [0.1, 0.15) is 6.10 Å². The SMILES string of the molecule is CCC(OC)C(O)c1ccc(C)cc1. The van der Waals surface area contributed by atoms with Crippen molar-refractivity contribution in [2.24, 2.45) is 0 Å². The van der Waals surface area contributed by atoms with E-state index < -0.39 is 6.10 Å². The Kier molecular flexibility index (Phi) is 4.11. The molecular formula is C12H18O2. The number of hydrogen-bond acceptors (Lipinski definition) is 2. The fourth-order valence-electron chi connectivity index (χ4n) is 1.50. The van der Waals surface area contributed by atoms with Crippen molar-refractivity contribution >= 4 is 0 Å². The summed E-state index contributed by atoms with van der Waals surface area (Å²) in [4.78, 5) is 0. The zero-order valence-corrected chi connectivity index (χ0v) is 9.03. The Labute approximate surface area is 85.5 Å². The van der Waals surface area contributed by atoms with Crippen molar-refractivity contribution in [1.82, 2.24) is 0 Å². The van der Waals surface area contributed by atoms with E-state index in [0.717, 1.165) is 12.0 Å². The normalized spacial score (nSPS) is 15.1. The van der Waals surface area contributed by atoms with Crippen LogP contribution in [0.4, 0.5) is 0 Å². The van der Waals surface area contributed by atoms with E-state index in [4.69, 9.17) is 4.74 Å². The molecule has 0 spiro atoms. The van der Waals surface area contributed by atoms with Gasteiger partial charge in [-0.3, -0.25) is 0 Å². The number of ether oxygens (including phenoxy) is 1. The van der Waals surface area contributed by atoms with Crippen molar-refractivity contribution in [3.8, 4) is 0 Å². The van der Waals surface area contributed by atoms with Gasteiger partial charge in [0.25, 0.3) is 0 Å². The second-order valence-electron chi connectivity index (χ2n) is 3.54. The van der Waals surface area contributed by atoms with E-state index in [2.05, 4.69) is 0 Å². The standard InChI is InChI=1S/C12H18O2/c1-4-11(14-3)12(13)10-7-5-9(2)6-8-10/h5-8,11-13H,4H2,1-3H3. The zero-order chi connectivity index (χ0) is 10.6. The summed E-state index contributed by atoms with van der Waals surface area (Å²) < 4.78 is 5.20. The molecule has 1 N–H and O–H groups in total. The highest BCUT2D eigenvalue weighted by molar-refractivity contribution is 5.23. The highest BCUT2D eigenvalue weighted by Gasteiger charge is 2.17. The largest absolute Gasteiger partial charge is 0.386 e. The molecule has 78 valence electrons. The topological polar surface area (TPSA) is 29.5 Å². The van der Waals surface area contributed by atoms with Crippen LogP contribution in [-0.2, 0) is 4.74 Å². The molecule has 0 saturated carbocycles. The Hall–Kier alpha value is -0.860. The van der Waals surface area contributed by atoms with Crippen LogP contribution >= 0.6 is 0 Å². The first kappa shape index (κ1) is 11.2. The van der Waals surface area contributed by atoms with Crippen LogP contribution in [0.15, 0.2) is 24.3 Å². The minimum Gasteiger partial charge on any atom is -0.386 e. The summed E-state index contributed by atoms with van der Waals surface area (Å²) in [5.74, 6) is 0. The lowest BCUT2D eigenvalue weighted by molar-refractivity contribution is -0.0148. The lowest BCUT2D eigenvalue weighted by atomic mass is 10.0. The van der Waals surface area contributed by atoms with E-state index in [0.29, 0.717) is 0 Å². The van der Waals surface area contributed by atoms with Crippen molar-refractivity contribution in [2.45, 2.75) is 32.5 Å². The van der Waals surface area contributed by atoms with Crippen molar-refractivity contribution in [1.29, 1.82) is 0 Å². The molecule has 14 heavy (non-hydrogen) atoms. The molecule has 2 heteroatoms. The van der Waals surface area contributed by atoms with E-state index in [1.807, 2.05) is 38.1 Å². The first-order valence-electron chi connectivity index (χ1n) is 4.96. The number of rotatable bonds is 4. The second-order valence-corrected chi connectivity index (χ2v) is 3.54. The molecule has 0 aliphatic heterocycles. The molecule has 2 atom stereocenters. The monoisotopic (exact) mass is 194 g/mol. The van der Waals surface area contributed by atoms with Gasteiger partial charge in [-0.25, -0.2) is 0 Å². The molecule has 2 nitrogen and oxygen atoms in total. The molecule has 0 aliphatic carbocycles. The highest BCUT2D eigenvalue weighted by Crippen LogP contribution is 2.21. The fraction of sp³-hybridized carbons (Fsp3) is 0.500. The molecule has 0 aliphatic rings. The van der Waals surface area contributed by atoms with Crippen LogP contribution in [0.2, 0.25) is 0 Å². The maximum Gasteiger partial charge on any atom is 0.105 e. The lowest BCUT2D eigenvalue weighted by Gasteiger charge is -2.20. The minimum absolute atomic E-state index is 0.113. The first-order chi connectivity index (χ1) is 6.69. The van der Waals surface area contributed by atoms with E-state index >= 15 is 0 Å². The third-order valence-electron chi connectivity index (χ3n) is 2.48. The summed E-state index contributed by atoms with van der Waals surface area (Å²) in [5, 5.41) is 9.95. The van der Waals surface area contributed by atoms with E-state index in [-0.39, 0.29) is 6.10 Å². The lowest BCUT2D eigenvalue weighted by Crippen LogP contribution is -2.19. The fourth-order valence-corrected chi connectivity index (χ4v) is 1.50. The van der Waals surface area contributed by atoms with E-state index in [1.54, 1.807) is 7.11 Å². The number of aryl methyl sites for hydroxylation is 1. The summed E-state index contributed by atoms with van der Waals surface area (Å²) >= 11 is 0. The van der Waals surface area contributed by atoms with Crippen LogP contribution in [0, 0.1) is 6.92 Å². The van der Waals surface area contributed by atoms with Gasteiger partial charge in [0.15, 0.2) is 0 Å². The Morgan fingerprint density at radius 2 is 1.86 bits per heavy atom. The average Bonchev–Trinajstić information content (AvgIpc) is 2.20. The predicted octanol–water partition coefficient (Wildman–Crippen LogP) is 2.45. The Bertz CT molecular complexity index is 262. The van der Waals surface area contributed by atoms with Crippen LogP contribution < -0.4 is 0 Å². The molecule has 2 unspecified atom stereocenters. The molecule has 0 saturated heterocycles. The second kappa shape index (κ2) is 5.13. The Morgan fingerprint density at radius 3 is 2.29 bits per heavy atom. The smallest absolute Gasteiger partial charge is 0.105 e. The van der Waals surface area contributed by atoms with Crippen LogP contribution in [0.3, 0.4) is 0 Å². The van der Waals surface area contributed by atoms with Crippen molar-refractivity contribution < 1.29 is 9.84 Å². The number of benzene rings is 1. The summed E-state index contributed by atoms with van der Waals surface area (Å²) in [6.45, 7) is 4.04. The van der Waals surface area contributed by atoms with Gasteiger partial charge in [0, 0.05) is 7.11 Å². The maximum absolute atomic E-state index is 9.95. The molecule has 1 aromatic carbocycles. The zero-order valence-electron chi connectivity index (χ0n) is 9.03. The third-order valence-corrected chi connectivity index (χ3v) is 2.48. The van der Waals surface area contributed by atoms with Crippen molar-refractivity contribution in [3.05, 3.63) is 35.4 Å². The summed E-state index contributed by atoms with van der Waals surface area (Å²) in [5.41, 5.74) is 2.12. The van der Waals surface area contributed by atoms with Crippen molar-refractivity contribution in [3.63, 3.8) is 0 Å². The van der Waals surface area contributed by atoms with Crippen LogP contribution in [0.25, 0.3) is 0 Å². The Balaban J connectivity index is 2.77. The summed E-state index contributed by atoms with van der Waals surface area (Å²) in [7, 11) is 1.63. The Morgan fingerprint density at radius 1 is 1.29 bits per heavy atom. The molecule has 1 rings (SSSR count). The summed E-state index contributed by atoms with van der Waals surface area (Å²) in [6.07, 6.45) is 0.175. The summed E-state index contributed by atoms with van der Waals surface area (Å²) in [6, 6.07) is 7.89.